The molecule has 0 fully saturated rings. The van der Waals surface area contributed by atoms with Gasteiger partial charge in [-0.25, -0.2) is 4.39 Å². The van der Waals surface area contributed by atoms with Crippen LogP contribution in [0.2, 0.25) is 0 Å². The number of anilines is 1. The molecule has 0 heterocycles. The first-order valence-corrected chi connectivity index (χ1v) is 6.92. The summed E-state index contributed by atoms with van der Waals surface area (Å²) < 4.78 is 51.5. The van der Waals surface area contributed by atoms with Gasteiger partial charge < -0.3 is 10.2 Å². The molecule has 0 radical (unpaired) electrons. The van der Waals surface area contributed by atoms with Crippen LogP contribution in [0, 0.1) is 11.7 Å². The molecule has 1 rings (SSSR count). The monoisotopic (exact) mass is 334 g/mol. The van der Waals surface area contributed by atoms with E-state index in [-0.39, 0.29) is 23.7 Å². The van der Waals surface area contributed by atoms with Crippen molar-refractivity contribution in [2.75, 3.05) is 18.4 Å². The lowest BCUT2D eigenvalue weighted by Crippen LogP contribution is -2.41. The van der Waals surface area contributed by atoms with Crippen molar-refractivity contribution in [3.05, 3.63) is 29.6 Å². The molecular formula is C15H18F4N2O2. The minimum atomic E-state index is -4.54. The maximum Gasteiger partial charge on any atom is 0.406 e. The predicted octanol–water partition coefficient (Wildman–Crippen LogP) is 3.44. The summed E-state index contributed by atoms with van der Waals surface area (Å²) in [5.41, 5.74) is -0.375. The third-order valence-corrected chi connectivity index (χ3v) is 2.77. The van der Waals surface area contributed by atoms with Crippen molar-refractivity contribution in [2.24, 2.45) is 5.92 Å². The van der Waals surface area contributed by atoms with Gasteiger partial charge in [-0.15, -0.1) is 0 Å². The number of hydrogen-bond donors (Lipinski definition) is 1. The second-order valence-corrected chi connectivity index (χ2v) is 5.57. The zero-order chi connectivity index (χ0) is 17.8. The van der Waals surface area contributed by atoms with Crippen molar-refractivity contribution in [3.63, 3.8) is 0 Å². The van der Waals surface area contributed by atoms with Crippen molar-refractivity contribution in [3.8, 4) is 0 Å². The molecule has 1 N–H and O–H groups in total. The number of nitrogens with zero attached hydrogens (tertiary/aromatic N) is 1. The molecule has 0 aliphatic rings. The maximum atomic E-state index is 13.6. The van der Waals surface area contributed by atoms with Gasteiger partial charge in [0.2, 0.25) is 5.91 Å². The summed E-state index contributed by atoms with van der Waals surface area (Å²) in [6.45, 7) is 3.04. The summed E-state index contributed by atoms with van der Waals surface area (Å²) in [5.74, 6) is -2.37. The fourth-order valence-electron chi connectivity index (χ4n) is 2.00. The smallest absolute Gasteiger partial charge is 0.329 e. The third-order valence-electron chi connectivity index (χ3n) is 2.77. The number of carbonyl (C=O) groups excluding carboxylic acids is 2. The Morgan fingerprint density at radius 2 is 1.87 bits per heavy atom. The molecule has 23 heavy (non-hydrogen) atoms. The Kier molecular flexibility index (Phi) is 6.12. The van der Waals surface area contributed by atoms with Crippen LogP contribution in [0.25, 0.3) is 0 Å². The molecule has 1 aromatic rings. The average Bonchev–Trinajstić information content (AvgIpc) is 2.37. The summed E-state index contributed by atoms with van der Waals surface area (Å²) in [7, 11) is 0. The Morgan fingerprint density at radius 1 is 1.26 bits per heavy atom. The number of carbonyl (C=O) groups is 2. The number of nitrogens with one attached hydrogen (secondary N) is 1. The zero-order valence-electron chi connectivity index (χ0n) is 13.0. The highest BCUT2D eigenvalue weighted by Gasteiger charge is 2.33. The second kappa shape index (κ2) is 7.43. The van der Waals surface area contributed by atoms with Gasteiger partial charge in [0.15, 0.2) is 0 Å². The molecule has 128 valence electrons. The molecule has 1 aromatic carbocycles. The Morgan fingerprint density at radius 3 is 2.35 bits per heavy atom. The Hall–Kier alpha value is -2.12. The molecule has 8 heteroatoms. The van der Waals surface area contributed by atoms with Gasteiger partial charge in [0.25, 0.3) is 5.91 Å². The molecule has 0 saturated carbocycles. The lowest BCUT2D eigenvalue weighted by molar-refractivity contribution is -0.141. The highest BCUT2D eigenvalue weighted by Crippen LogP contribution is 2.21. The highest BCUT2D eigenvalue weighted by molar-refractivity contribution is 5.97. The average molecular weight is 334 g/mol. The molecule has 0 bridgehead atoms. The normalized spacial score (nSPS) is 11.5. The van der Waals surface area contributed by atoms with Crippen LogP contribution >= 0.6 is 0 Å². The molecule has 0 aliphatic carbocycles. The van der Waals surface area contributed by atoms with Gasteiger partial charge in [0, 0.05) is 19.0 Å². The van der Waals surface area contributed by atoms with Crippen molar-refractivity contribution >= 4 is 17.5 Å². The first-order valence-electron chi connectivity index (χ1n) is 6.92. The Balaban J connectivity index is 3.09. The van der Waals surface area contributed by atoms with E-state index in [1.54, 1.807) is 13.8 Å². The van der Waals surface area contributed by atoms with Crippen LogP contribution in [0.4, 0.5) is 23.2 Å². The van der Waals surface area contributed by atoms with Crippen molar-refractivity contribution in [1.29, 1.82) is 0 Å². The van der Waals surface area contributed by atoms with Gasteiger partial charge in [-0.05, 0) is 24.1 Å². The van der Waals surface area contributed by atoms with Crippen molar-refractivity contribution < 1.29 is 27.2 Å². The van der Waals surface area contributed by atoms with E-state index in [0.29, 0.717) is 4.90 Å². The molecule has 0 spiro atoms. The molecule has 4 nitrogen and oxygen atoms in total. The second-order valence-electron chi connectivity index (χ2n) is 5.57. The number of hydrogen-bond acceptors (Lipinski definition) is 2. The number of alkyl halides is 3. The molecule has 0 saturated heterocycles. The van der Waals surface area contributed by atoms with E-state index >= 15 is 0 Å². The molecule has 2 amide bonds. The molecule has 0 atom stereocenters. The van der Waals surface area contributed by atoms with Gasteiger partial charge in [-0.2, -0.15) is 13.2 Å². The van der Waals surface area contributed by atoms with Gasteiger partial charge >= 0.3 is 6.18 Å². The zero-order valence-corrected chi connectivity index (χ0v) is 13.0. The Labute approximate surface area is 131 Å². The first kappa shape index (κ1) is 18.9. The van der Waals surface area contributed by atoms with Crippen molar-refractivity contribution in [2.45, 2.75) is 26.9 Å². The summed E-state index contributed by atoms with van der Waals surface area (Å²) >= 11 is 0. The molecule has 0 unspecified atom stereocenters. The van der Waals surface area contributed by atoms with Crippen LogP contribution in [-0.2, 0) is 4.79 Å². The SMILES string of the molecule is CC(=O)Nc1cc(C(=O)N(CC(C)C)CC(F)(F)F)ccc1F. The first-order chi connectivity index (χ1) is 10.5. The minimum Gasteiger partial charge on any atom is -0.329 e. The van der Waals surface area contributed by atoms with E-state index in [1.165, 1.54) is 0 Å². The van der Waals surface area contributed by atoms with Gasteiger partial charge in [0.05, 0.1) is 5.69 Å². The van der Waals surface area contributed by atoms with Crippen LogP contribution < -0.4 is 5.32 Å². The minimum absolute atomic E-state index is 0.0921. The lowest BCUT2D eigenvalue weighted by atomic mass is 10.1. The van der Waals surface area contributed by atoms with Crippen LogP contribution in [0.15, 0.2) is 18.2 Å². The summed E-state index contributed by atoms with van der Waals surface area (Å²) in [6.07, 6.45) is -4.54. The van der Waals surface area contributed by atoms with Gasteiger partial charge in [0.1, 0.15) is 12.4 Å². The summed E-state index contributed by atoms with van der Waals surface area (Å²) in [5, 5.41) is 2.19. The molecule has 0 aliphatic heterocycles. The molecular weight excluding hydrogens is 316 g/mol. The van der Waals surface area contributed by atoms with E-state index in [1.807, 2.05) is 0 Å². The van der Waals surface area contributed by atoms with E-state index in [4.69, 9.17) is 0 Å². The van der Waals surface area contributed by atoms with E-state index in [9.17, 15) is 27.2 Å². The molecule has 0 aromatic heterocycles. The topological polar surface area (TPSA) is 49.4 Å². The van der Waals surface area contributed by atoms with Crippen LogP contribution in [0.3, 0.4) is 0 Å². The van der Waals surface area contributed by atoms with E-state index in [2.05, 4.69) is 5.32 Å². The quantitative estimate of drug-likeness (QED) is 0.839. The van der Waals surface area contributed by atoms with Crippen LogP contribution in [-0.4, -0.2) is 36.0 Å². The maximum absolute atomic E-state index is 13.6. The standard InChI is InChI=1S/C15H18F4N2O2/c1-9(2)7-21(8-15(17,18)19)14(23)11-4-5-12(16)13(6-11)20-10(3)22/h4-6,9H,7-8H2,1-3H3,(H,20,22). The Bertz CT molecular complexity index is 585. The third kappa shape index (κ3) is 6.25. The predicted molar refractivity (Wildman–Crippen MR) is 77.5 cm³/mol. The number of benzene rings is 1. The lowest BCUT2D eigenvalue weighted by Gasteiger charge is -2.26. The fourth-order valence-corrected chi connectivity index (χ4v) is 2.00. The van der Waals surface area contributed by atoms with Crippen LogP contribution in [0.5, 0.6) is 0 Å². The number of rotatable bonds is 5. The van der Waals surface area contributed by atoms with Gasteiger partial charge in [-0.1, -0.05) is 13.8 Å². The number of halogens is 4. The summed E-state index contributed by atoms with van der Waals surface area (Å²) in [4.78, 5) is 24.0. The van der Waals surface area contributed by atoms with Gasteiger partial charge in [-0.3, -0.25) is 9.59 Å². The summed E-state index contributed by atoms with van der Waals surface area (Å²) in [6, 6.07) is 3.05. The van der Waals surface area contributed by atoms with E-state index < -0.39 is 30.4 Å². The van der Waals surface area contributed by atoms with Crippen molar-refractivity contribution in [1.82, 2.24) is 4.90 Å². The highest BCUT2D eigenvalue weighted by atomic mass is 19.4. The number of amides is 2. The van der Waals surface area contributed by atoms with E-state index in [0.717, 1.165) is 25.1 Å². The fraction of sp³-hybridized carbons (Fsp3) is 0.467. The largest absolute Gasteiger partial charge is 0.406 e. The van der Waals surface area contributed by atoms with Crippen LogP contribution in [0.1, 0.15) is 31.1 Å².